The van der Waals surface area contributed by atoms with Gasteiger partial charge in [0.2, 0.25) is 5.75 Å². The van der Waals surface area contributed by atoms with E-state index in [1.165, 1.54) is 33.5 Å². The summed E-state index contributed by atoms with van der Waals surface area (Å²) in [6, 6.07) is 2.68. The van der Waals surface area contributed by atoms with Gasteiger partial charge in [-0.1, -0.05) is 15.9 Å². The molecule has 102 valence electrons. The summed E-state index contributed by atoms with van der Waals surface area (Å²) in [5, 5.41) is 0. The van der Waals surface area contributed by atoms with Crippen LogP contribution < -0.4 is 14.2 Å². The Balaban J connectivity index is 3.38. The maximum atomic E-state index is 12.7. The Hall–Kier alpha value is -1.11. The molecular formula is C11H12BrF3O3. The SMILES string of the molecule is COc1ccc(C(Br)C(F)(F)F)c(OC)c1OC. The van der Waals surface area contributed by atoms with E-state index < -0.39 is 11.0 Å². The maximum Gasteiger partial charge on any atom is 0.405 e. The van der Waals surface area contributed by atoms with Gasteiger partial charge in [0.05, 0.1) is 21.3 Å². The number of halogens is 4. The van der Waals surface area contributed by atoms with Crippen molar-refractivity contribution >= 4 is 15.9 Å². The lowest BCUT2D eigenvalue weighted by molar-refractivity contribution is -0.128. The quantitative estimate of drug-likeness (QED) is 0.788. The van der Waals surface area contributed by atoms with Crippen molar-refractivity contribution in [2.75, 3.05) is 21.3 Å². The fraction of sp³-hybridized carbons (Fsp3) is 0.455. The largest absolute Gasteiger partial charge is 0.493 e. The van der Waals surface area contributed by atoms with Gasteiger partial charge in [0, 0.05) is 5.56 Å². The first kappa shape index (κ1) is 14.9. The van der Waals surface area contributed by atoms with Crippen molar-refractivity contribution in [1.29, 1.82) is 0 Å². The van der Waals surface area contributed by atoms with Gasteiger partial charge in [0.15, 0.2) is 11.5 Å². The van der Waals surface area contributed by atoms with Crippen LogP contribution in [0.25, 0.3) is 0 Å². The summed E-state index contributed by atoms with van der Waals surface area (Å²) >= 11 is 2.61. The Morgan fingerprint density at radius 3 is 1.94 bits per heavy atom. The number of rotatable bonds is 4. The predicted octanol–water partition coefficient (Wildman–Crippen LogP) is 3.71. The summed E-state index contributed by atoms with van der Waals surface area (Å²) in [6.07, 6.45) is -4.42. The smallest absolute Gasteiger partial charge is 0.405 e. The third-order valence-electron chi connectivity index (χ3n) is 2.30. The normalized spacial score (nSPS) is 13.1. The molecule has 0 bridgehead atoms. The molecule has 7 heteroatoms. The molecule has 0 aromatic heterocycles. The molecule has 0 radical (unpaired) electrons. The van der Waals surface area contributed by atoms with Crippen molar-refractivity contribution in [2.45, 2.75) is 11.0 Å². The van der Waals surface area contributed by atoms with Crippen molar-refractivity contribution < 1.29 is 27.4 Å². The van der Waals surface area contributed by atoms with Crippen molar-refractivity contribution in [3.63, 3.8) is 0 Å². The minimum Gasteiger partial charge on any atom is -0.493 e. The highest BCUT2D eigenvalue weighted by Gasteiger charge is 2.41. The molecule has 1 atom stereocenters. The summed E-state index contributed by atoms with van der Waals surface area (Å²) in [6.45, 7) is 0. The van der Waals surface area contributed by atoms with E-state index in [1.807, 2.05) is 0 Å². The van der Waals surface area contributed by atoms with Crippen LogP contribution in [-0.4, -0.2) is 27.5 Å². The van der Waals surface area contributed by atoms with Crippen LogP contribution >= 0.6 is 15.9 Å². The first-order valence-corrected chi connectivity index (χ1v) is 5.78. The van der Waals surface area contributed by atoms with Crippen LogP contribution in [0, 0.1) is 0 Å². The molecule has 0 saturated carbocycles. The van der Waals surface area contributed by atoms with Crippen LogP contribution in [0.3, 0.4) is 0 Å². The molecule has 1 aromatic carbocycles. The average molecular weight is 329 g/mol. The summed E-state index contributed by atoms with van der Waals surface area (Å²) in [7, 11) is 4.00. The molecule has 3 nitrogen and oxygen atoms in total. The topological polar surface area (TPSA) is 27.7 Å². The standard InChI is InChI=1S/C11H12BrF3O3/c1-16-7-5-4-6(10(12)11(13,14)15)8(17-2)9(7)18-3/h4-5,10H,1-3H3. The van der Waals surface area contributed by atoms with Crippen LogP contribution in [0.5, 0.6) is 17.2 Å². The van der Waals surface area contributed by atoms with E-state index in [-0.39, 0.29) is 17.1 Å². The highest BCUT2D eigenvalue weighted by Crippen LogP contribution is 2.49. The number of hydrogen-bond acceptors (Lipinski definition) is 3. The second-order valence-corrected chi connectivity index (χ2v) is 4.24. The number of hydrogen-bond donors (Lipinski definition) is 0. The van der Waals surface area contributed by atoms with Crippen LogP contribution in [-0.2, 0) is 0 Å². The van der Waals surface area contributed by atoms with Gasteiger partial charge in [0.25, 0.3) is 0 Å². The predicted molar refractivity (Wildman–Crippen MR) is 63.8 cm³/mol. The highest BCUT2D eigenvalue weighted by molar-refractivity contribution is 9.09. The molecule has 1 rings (SSSR count). The Labute approximate surface area is 111 Å². The number of benzene rings is 1. The number of methoxy groups -OCH3 is 3. The average Bonchev–Trinajstić information content (AvgIpc) is 2.34. The minimum atomic E-state index is -4.42. The van der Waals surface area contributed by atoms with E-state index >= 15 is 0 Å². The Morgan fingerprint density at radius 1 is 1.00 bits per heavy atom. The zero-order valence-electron chi connectivity index (χ0n) is 9.97. The lowest BCUT2D eigenvalue weighted by atomic mass is 10.1. The zero-order chi connectivity index (χ0) is 13.9. The van der Waals surface area contributed by atoms with E-state index in [9.17, 15) is 13.2 Å². The molecule has 0 N–H and O–H groups in total. The van der Waals surface area contributed by atoms with Crippen LogP contribution in [0.2, 0.25) is 0 Å². The van der Waals surface area contributed by atoms with Gasteiger partial charge in [-0.2, -0.15) is 13.2 Å². The summed E-state index contributed by atoms with van der Waals surface area (Å²) < 4.78 is 53.1. The van der Waals surface area contributed by atoms with E-state index in [2.05, 4.69) is 15.9 Å². The van der Waals surface area contributed by atoms with Crippen LogP contribution in [0.1, 0.15) is 10.4 Å². The molecule has 1 aromatic rings. The van der Waals surface area contributed by atoms with Crippen molar-refractivity contribution in [2.24, 2.45) is 0 Å². The van der Waals surface area contributed by atoms with Crippen molar-refractivity contribution in [3.05, 3.63) is 17.7 Å². The maximum absolute atomic E-state index is 12.7. The highest BCUT2D eigenvalue weighted by atomic mass is 79.9. The molecule has 0 spiro atoms. The van der Waals surface area contributed by atoms with E-state index in [1.54, 1.807) is 0 Å². The first-order chi connectivity index (χ1) is 8.36. The van der Waals surface area contributed by atoms with E-state index in [0.717, 1.165) is 0 Å². The molecule has 0 aliphatic carbocycles. The third-order valence-corrected chi connectivity index (χ3v) is 3.31. The monoisotopic (exact) mass is 328 g/mol. The molecule has 0 saturated heterocycles. The number of alkyl halides is 4. The van der Waals surface area contributed by atoms with Crippen LogP contribution in [0.4, 0.5) is 13.2 Å². The van der Waals surface area contributed by atoms with Gasteiger partial charge in [-0.3, -0.25) is 0 Å². The fourth-order valence-electron chi connectivity index (χ4n) is 1.50. The van der Waals surface area contributed by atoms with E-state index in [4.69, 9.17) is 14.2 Å². The summed E-state index contributed by atoms with van der Waals surface area (Å²) in [5.74, 6) is 0.433. The van der Waals surface area contributed by atoms with Gasteiger partial charge in [-0.25, -0.2) is 0 Å². The molecule has 0 aliphatic rings. The minimum absolute atomic E-state index is 0.00366. The Bertz CT molecular complexity index is 421. The van der Waals surface area contributed by atoms with Gasteiger partial charge in [-0.15, -0.1) is 0 Å². The molecule has 1 unspecified atom stereocenters. The molecule has 0 aliphatic heterocycles. The van der Waals surface area contributed by atoms with Gasteiger partial charge < -0.3 is 14.2 Å². The Kier molecular flexibility index (Phi) is 4.72. The summed E-state index contributed by atoms with van der Waals surface area (Å²) in [5.41, 5.74) is -0.0670. The molecule has 0 fully saturated rings. The second-order valence-electron chi connectivity index (χ2n) is 3.33. The second kappa shape index (κ2) is 5.69. The molecule has 18 heavy (non-hydrogen) atoms. The lowest BCUT2D eigenvalue weighted by Crippen LogP contribution is -2.16. The van der Waals surface area contributed by atoms with Crippen molar-refractivity contribution in [3.8, 4) is 17.2 Å². The third kappa shape index (κ3) is 2.82. The van der Waals surface area contributed by atoms with E-state index in [0.29, 0.717) is 5.75 Å². The van der Waals surface area contributed by atoms with Gasteiger partial charge in [0.1, 0.15) is 4.83 Å². The Morgan fingerprint density at radius 2 is 1.56 bits per heavy atom. The van der Waals surface area contributed by atoms with Gasteiger partial charge >= 0.3 is 6.18 Å². The van der Waals surface area contributed by atoms with Crippen molar-refractivity contribution in [1.82, 2.24) is 0 Å². The molecule has 0 amide bonds. The van der Waals surface area contributed by atoms with Crippen LogP contribution in [0.15, 0.2) is 12.1 Å². The fourth-order valence-corrected chi connectivity index (χ4v) is 1.86. The number of ether oxygens (including phenoxy) is 3. The zero-order valence-corrected chi connectivity index (χ0v) is 11.6. The molecule has 0 heterocycles. The lowest BCUT2D eigenvalue weighted by Gasteiger charge is -2.20. The van der Waals surface area contributed by atoms with Gasteiger partial charge in [-0.05, 0) is 12.1 Å². The molecular weight excluding hydrogens is 317 g/mol. The first-order valence-electron chi connectivity index (χ1n) is 4.86. The summed E-state index contributed by atoms with van der Waals surface area (Å²) in [4.78, 5) is -1.83.